The summed E-state index contributed by atoms with van der Waals surface area (Å²) in [5.74, 6) is 0.657. The van der Waals surface area contributed by atoms with Crippen LogP contribution in [0.5, 0.6) is 0 Å². The fraction of sp³-hybridized carbons (Fsp3) is 0.333. The van der Waals surface area contributed by atoms with E-state index in [1.165, 1.54) is 5.57 Å². The van der Waals surface area contributed by atoms with Crippen LogP contribution in [0.4, 0.5) is 4.39 Å². The van der Waals surface area contributed by atoms with E-state index in [1.807, 2.05) is 43.4 Å². The van der Waals surface area contributed by atoms with Crippen LogP contribution < -0.4 is 0 Å². The molecule has 0 fully saturated rings. The molecular weight excluding hydrogens is 271 g/mol. The minimum Gasteiger partial charge on any atom is -0.207 e. The van der Waals surface area contributed by atoms with E-state index in [0.717, 1.165) is 0 Å². The zero-order valence-electron chi connectivity index (χ0n) is 13.9. The Labute approximate surface area is 133 Å². The van der Waals surface area contributed by atoms with E-state index >= 15 is 0 Å². The van der Waals surface area contributed by atoms with Crippen molar-refractivity contribution in [2.75, 3.05) is 0 Å². The van der Waals surface area contributed by atoms with Crippen LogP contribution in [0.3, 0.4) is 0 Å². The van der Waals surface area contributed by atoms with Crippen molar-refractivity contribution in [2.45, 2.75) is 27.7 Å². The molecule has 0 heterocycles. The maximum Gasteiger partial charge on any atom is 0.128 e. The lowest BCUT2D eigenvalue weighted by atomic mass is 9.61. The van der Waals surface area contributed by atoms with Crippen LogP contribution in [0, 0.1) is 17.3 Å². The summed E-state index contributed by atoms with van der Waals surface area (Å²) in [6, 6.07) is 0. The van der Waals surface area contributed by atoms with E-state index in [4.69, 9.17) is 0 Å². The molecule has 0 aromatic rings. The molecule has 2 rings (SSSR count). The highest BCUT2D eigenvalue weighted by molar-refractivity contribution is 5.59. The first kappa shape index (κ1) is 16.5. The highest BCUT2D eigenvalue weighted by Gasteiger charge is 2.42. The molecule has 0 aromatic heterocycles. The summed E-state index contributed by atoms with van der Waals surface area (Å²) in [6.45, 7) is 12.5. The summed E-state index contributed by atoms with van der Waals surface area (Å²) in [7, 11) is 0. The van der Waals surface area contributed by atoms with E-state index in [0.29, 0.717) is 23.0 Å². The average molecular weight is 296 g/mol. The molecule has 2 aliphatic carbocycles. The zero-order chi connectivity index (χ0) is 16.3. The van der Waals surface area contributed by atoms with Crippen molar-refractivity contribution in [1.82, 2.24) is 0 Å². The van der Waals surface area contributed by atoms with Crippen molar-refractivity contribution in [3.05, 3.63) is 83.8 Å². The van der Waals surface area contributed by atoms with Gasteiger partial charge < -0.3 is 0 Å². The number of halogens is 1. The molecule has 0 saturated carbocycles. The van der Waals surface area contributed by atoms with Gasteiger partial charge in [-0.25, -0.2) is 4.39 Å². The second kappa shape index (κ2) is 6.48. The highest BCUT2D eigenvalue weighted by Crippen LogP contribution is 2.51. The predicted octanol–water partition coefficient (Wildman–Crippen LogP) is 6.24. The van der Waals surface area contributed by atoms with Crippen LogP contribution in [0.1, 0.15) is 27.7 Å². The lowest BCUT2D eigenvalue weighted by molar-refractivity contribution is 0.273. The van der Waals surface area contributed by atoms with Crippen LogP contribution in [0.2, 0.25) is 0 Å². The smallest absolute Gasteiger partial charge is 0.128 e. The summed E-state index contributed by atoms with van der Waals surface area (Å²) in [4.78, 5) is 0. The molecule has 0 aliphatic heterocycles. The van der Waals surface area contributed by atoms with Gasteiger partial charge >= 0.3 is 0 Å². The first-order chi connectivity index (χ1) is 10.4. The van der Waals surface area contributed by atoms with E-state index in [2.05, 4.69) is 39.5 Å². The Bertz CT molecular complexity index is 635. The molecule has 2 unspecified atom stereocenters. The van der Waals surface area contributed by atoms with Crippen LogP contribution in [-0.2, 0) is 0 Å². The van der Waals surface area contributed by atoms with Crippen LogP contribution in [0.25, 0.3) is 0 Å². The SMILES string of the molecule is C=C(/C=C\C=C/C)C1=CC=C2C=CC2(C(C)C(C)C)C=C1F. The molecule has 1 heteroatoms. The van der Waals surface area contributed by atoms with Crippen LogP contribution in [0.15, 0.2) is 83.8 Å². The Hall–Kier alpha value is -1.89. The monoisotopic (exact) mass is 296 g/mol. The molecule has 0 N–H and O–H groups in total. The molecule has 0 amide bonds. The lowest BCUT2D eigenvalue weighted by Crippen LogP contribution is -2.34. The number of fused-ring (bicyclic) bond motifs is 1. The molecule has 116 valence electrons. The van der Waals surface area contributed by atoms with E-state index in [9.17, 15) is 4.39 Å². The summed E-state index contributed by atoms with van der Waals surface area (Å²) < 4.78 is 14.8. The fourth-order valence-electron chi connectivity index (χ4n) is 2.97. The topological polar surface area (TPSA) is 0 Å². The Morgan fingerprint density at radius 3 is 2.50 bits per heavy atom. The van der Waals surface area contributed by atoms with Gasteiger partial charge in [-0.15, -0.1) is 0 Å². The highest BCUT2D eigenvalue weighted by atomic mass is 19.1. The Balaban J connectivity index is 2.36. The van der Waals surface area contributed by atoms with Crippen molar-refractivity contribution in [3.63, 3.8) is 0 Å². The van der Waals surface area contributed by atoms with E-state index in [-0.39, 0.29) is 11.2 Å². The third-order valence-electron chi connectivity index (χ3n) is 4.79. The minimum absolute atomic E-state index is 0.182. The fourth-order valence-corrected chi connectivity index (χ4v) is 2.97. The first-order valence-corrected chi connectivity index (χ1v) is 7.91. The van der Waals surface area contributed by atoms with Gasteiger partial charge in [-0.05, 0) is 36.0 Å². The quantitative estimate of drug-likeness (QED) is 0.526. The van der Waals surface area contributed by atoms with Gasteiger partial charge in [0.15, 0.2) is 0 Å². The molecule has 0 spiro atoms. The number of hydrogen-bond donors (Lipinski definition) is 0. The number of hydrogen-bond acceptors (Lipinski definition) is 0. The standard InChI is InChI=1S/C21H25F/c1-6-7-8-9-16(4)19-11-10-18-12-13-21(18,14-20(19)22)17(5)15(2)3/h6-15,17H,4H2,1-3,5H3/b7-6-,9-8-. The Kier molecular flexibility index (Phi) is 4.85. The largest absolute Gasteiger partial charge is 0.207 e. The van der Waals surface area contributed by atoms with Gasteiger partial charge in [-0.3, -0.25) is 0 Å². The second-order valence-electron chi connectivity index (χ2n) is 6.40. The maximum atomic E-state index is 14.8. The van der Waals surface area contributed by atoms with E-state index in [1.54, 1.807) is 6.08 Å². The maximum absolute atomic E-state index is 14.8. The zero-order valence-corrected chi connectivity index (χ0v) is 13.9. The van der Waals surface area contributed by atoms with Crippen LogP contribution >= 0.6 is 0 Å². The average Bonchev–Trinajstić information content (AvgIpc) is 2.55. The van der Waals surface area contributed by atoms with Crippen molar-refractivity contribution in [3.8, 4) is 0 Å². The van der Waals surface area contributed by atoms with Gasteiger partial charge in [0.05, 0.1) is 0 Å². The second-order valence-corrected chi connectivity index (χ2v) is 6.40. The Morgan fingerprint density at radius 2 is 1.95 bits per heavy atom. The number of allylic oxidation sites excluding steroid dienone is 13. The summed E-state index contributed by atoms with van der Waals surface area (Å²) >= 11 is 0. The molecule has 22 heavy (non-hydrogen) atoms. The van der Waals surface area contributed by atoms with Crippen molar-refractivity contribution in [1.29, 1.82) is 0 Å². The normalized spacial score (nSPS) is 25.5. The third kappa shape index (κ3) is 2.85. The summed E-state index contributed by atoms with van der Waals surface area (Å²) in [6.07, 6.45) is 17.4. The molecule has 0 nitrogen and oxygen atoms in total. The predicted molar refractivity (Wildman–Crippen MR) is 94.0 cm³/mol. The molecule has 0 bridgehead atoms. The van der Waals surface area contributed by atoms with Gasteiger partial charge in [0, 0.05) is 11.0 Å². The molecule has 2 aliphatic rings. The van der Waals surface area contributed by atoms with Crippen LogP contribution in [-0.4, -0.2) is 0 Å². The van der Waals surface area contributed by atoms with Gasteiger partial charge in [-0.2, -0.15) is 0 Å². The minimum atomic E-state index is -0.274. The molecule has 0 saturated heterocycles. The van der Waals surface area contributed by atoms with Gasteiger partial charge in [0.1, 0.15) is 5.83 Å². The lowest BCUT2D eigenvalue weighted by Gasteiger charge is -2.43. The third-order valence-corrected chi connectivity index (χ3v) is 4.79. The van der Waals surface area contributed by atoms with Gasteiger partial charge in [0.2, 0.25) is 0 Å². The molecular formula is C21H25F. The Morgan fingerprint density at radius 1 is 1.23 bits per heavy atom. The van der Waals surface area contributed by atoms with E-state index < -0.39 is 0 Å². The molecule has 0 aromatic carbocycles. The summed E-state index contributed by atoms with van der Waals surface area (Å²) in [5, 5.41) is 0. The summed E-state index contributed by atoms with van der Waals surface area (Å²) in [5.41, 5.74) is 2.17. The van der Waals surface area contributed by atoms with Gasteiger partial charge in [0.25, 0.3) is 0 Å². The van der Waals surface area contributed by atoms with Crippen molar-refractivity contribution < 1.29 is 4.39 Å². The number of rotatable bonds is 5. The molecule has 2 atom stereocenters. The first-order valence-electron chi connectivity index (χ1n) is 7.91. The van der Waals surface area contributed by atoms with Crippen molar-refractivity contribution in [2.24, 2.45) is 17.3 Å². The molecule has 0 radical (unpaired) electrons. The van der Waals surface area contributed by atoms with Gasteiger partial charge in [-0.1, -0.05) is 76.0 Å². The van der Waals surface area contributed by atoms with Crippen molar-refractivity contribution >= 4 is 0 Å².